The lowest BCUT2D eigenvalue weighted by Gasteiger charge is -2.24. The zero-order valence-electron chi connectivity index (χ0n) is 14.9. The summed E-state index contributed by atoms with van der Waals surface area (Å²) in [6.45, 7) is 3.98. The normalized spacial score (nSPS) is 13.0. The summed E-state index contributed by atoms with van der Waals surface area (Å²) in [5.74, 6) is -0.456. The highest BCUT2D eigenvalue weighted by Crippen LogP contribution is 2.33. The molecule has 0 saturated carbocycles. The number of hydrogen-bond donors (Lipinski definition) is 1. The van der Waals surface area contributed by atoms with Crippen LogP contribution in [0.2, 0.25) is 0 Å². The molecule has 132 valence electrons. The zero-order valence-corrected chi connectivity index (χ0v) is 14.9. The van der Waals surface area contributed by atoms with Crippen molar-refractivity contribution < 1.29 is 14.6 Å². The van der Waals surface area contributed by atoms with Crippen molar-refractivity contribution in [2.75, 3.05) is 0 Å². The number of benzene rings is 3. The van der Waals surface area contributed by atoms with Crippen molar-refractivity contribution in [2.45, 2.75) is 26.1 Å². The first-order valence-corrected chi connectivity index (χ1v) is 8.62. The average molecular weight is 346 g/mol. The van der Waals surface area contributed by atoms with E-state index in [0.717, 1.165) is 16.7 Å². The van der Waals surface area contributed by atoms with Gasteiger partial charge in [0.05, 0.1) is 5.56 Å². The van der Waals surface area contributed by atoms with Crippen molar-refractivity contribution >= 4 is 5.97 Å². The van der Waals surface area contributed by atoms with E-state index in [1.165, 1.54) is 0 Å². The van der Waals surface area contributed by atoms with E-state index in [9.17, 15) is 9.90 Å². The van der Waals surface area contributed by atoms with Gasteiger partial charge in [0.15, 0.2) is 6.10 Å². The number of ether oxygens (including phenoxy) is 1. The first kappa shape index (κ1) is 17.9. The Kier molecular flexibility index (Phi) is 5.49. The monoisotopic (exact) mass is 346 g/mol. The second-order valence-electron chi connectivity index (χ2n) is 6.46. The molecule has 0 aromatic heterocycles. The molecule has 0 aliphatic carbocycles. The van der Waals surface area contributed by atoms with Crippen molar-refractivity contribution in [3.05, 3.63) is 107 Å². The lowest BCUT2D eigenvalue weighted by molar-refractivity contribution is -0.0209. The maximum atomic E-state index is 12.6. The fourth-order valence-electron chi connectivity index (χ4n) is 2.77. The second kappa shape index (κ2) is 7.98. The molecule has 3 heteroatoms. The van der Waals surface area contributed by atoms with Crippen LogP contribution in [0.4, 0.5) is 0 Å². The Bertz CT molecular complexity index is 852. The van der Waals surface area contributed by atoms with Crippen LogP contribution in [0.1, 0.15) is 44.8 Å². The molecule has 0 bridgehead atoms. The largest absolute Gasteiger partial charge is 0.451 e. The predicted molar refractivity (Wildman–Crippen MR) is 102 cm³/mol. The summed E-state index contributed by atoms with van der Waals surface area (Å²) in [6, 6.07) is 24.1. The van der Waals surface area contributed by atoms with Gasteiger partial charge < -0.3 is 9.84 Å². The number of aliphatic hydroxyl groups is 1. The molecular formula is C23H22O3. The molecule has 3 nitrogen and oxygen atoms in total. The maximum Gasteiger partial charge on any atom is 0.338 e. The van der Waals surface area contributed by atoms with E-state index in [2.05, 4.69) is 0 Å². The Morgan fingerprint density at radius 1 is 0.769 bits per heavy atom. The number of aryl methyl sites for hydroxylation is 2. The standard InChI is InChI=1S/C23H22O3/c1-16-8-12-18(13-9-16)21(24)22(19-14-10-17(2)11-15-19)26-23(25)20-6-4-3-5-7-20/h3-15,21-22,24H,1-2H3/t21-,22-/m0/s1. The van der Waals surface area contributed by atoms with Crippen LogP contribution in [0.15, 0.2) is 78.9 Å². The molecule has 0 saturated heterocycles. The summed E-state index contributed by atoms with van der Waals surface area (Å²) in [5, 5.41) is 10.9. The molecule has 3 rings (SSSR count). The van der Waals surface area contributed by atoms with Crippen LogP contribution in [-0.4, -0.2) is 11.1 Å². The van der Waals surface area contributed by atoms with Gasteiger partial charge in [-0.2, -0.15) is 0 Å². The fraction of sp³-hybridized carbons (Fsp3) is 0.174. The van der Waals surface area contributed by atoms with Gasteiger partial charge in [-0.1, -0.05) is 77.9 Å². The molecule has 0 fully saturated rings. The van der Waals surface area contributed by atoms with Gasteiger partial charge in [0.25, 0.3) is 0 Å². The lowest BCUT2D eigenvalue weighted by Crippen LogP contribution is -2.19. The minimum absolute atomic E-state index is 0.456. The molecule has 0 heterocycles. The predicted octanol–water partition coefficient (Wildman–Crippen LogP) is 4.94. The van der Waals surface area contributed by atoms with Gasteiger partial charge in [0, 0.05) is 0 Å². The molecule has 0 aliphatic rings. The van der Waals surface area contributed by atoms with Gasteiger partial charge >= 0.3 is 5.97 Å². The summed E-state index contributed by atoms with van der Waals surface area (Å²) < 4.78 is 5.72. The minimum atomic E-state index is -0.953. The number of carbonyl (C=O) groups excluding carboxylic acids is 1. The van der Waals surface area contributed by atoms with Crippen LogP contribution in [0.5, 0.6) is 0 Å². The molecule has 2 atom stereocenters. The van der Waals surface area contributed by atoms with Gasteiger partial charge in [-0.25, -0.2) is 4.79 Å². The molecule has 0 amide bonds. The Morgan fingerprint density at radius 3 is 1.81 bits per heavy atom. The van der Waals surface area contributed by atoms with Crippen molar-refractivity contribution in [2.24, 2.45) is 0 Å². The number of aliphatic hydroxyl groups excluding tert-OH is 1. The molecule has 0 spiro atoms. The van der Waals surface area contributed by atoms with Crippen molar-refractivity contribution in [3.63, 3.8) is 0 Å². The van der Waals surface area contributed by atoms with E-state index >= 15 is 0 Å². The fourth-order valence-corrected chi connectivity index (χ4v) is 2.77. The van der Waals surface area contributed by atoms with Crippen LogP contribution in [0.25, 0.3) is 0 Å². The van der Waals surface area contributed by atoms with E-state index in [4.69, 9.17) is 4.74 Å². The Labute approximate surface area is 153 Å². The Hall–Kier alpha value is -2.91. The van der Waals surface area contributed by atoms with E-state index in [1.807, 2.05) is 68.4 Å². The Balaban J connectivity index is 1.92. The first-order valence-electron chi connectivity index (χ1n) is 8.62. The quantitative estimate of drug-likeness (QED) is 0.666. The molecule has 3 aromatic rings. The van der Waals surface area contributed by atoms with E-state index in [1.54, 1.807) is 24.3 Å². The Morgan fingerprint density at radius 2 is 1.27 bits per heavy atom. The molecule has 26 heavy (non-hydrogen) atoms. The average Bonchev–Trinajstić information content (AvgIpc) is 2.67. The van der Waals surface area contributed by atoms with Gasteiger partial charge in [-0.05, 0) is 37.1 Å². The van der Waals surface area contributed by atoms with Crippen LogP contribution >= 0.6 is 0 Å². The van der Waals surface area contributed by atoms with E-state index in [0.29, 0.717) is 11.1 Å². The number of carbonyl (C=O) groups is 1. The highest BCUT2D eigenvalue weighted by atomic mass is 16.6. The topological polar surface area (TPSA) is 46.5 Å². The molecule has 3 aromatic carbocycles. The van der Waals surface area contributed by atoms with Gasteiger partial charge in [0.2, 0.25) is 0 Å². The molecule has 1 N–H and O–H groups in total. The van der Waals surface area contributed by atoms with Gasteiger partial charge in [-0.3, -0.25) is 0 Å². The highest BCUT2D eigenvalue weighted by molar-refractivity contribution is 5.89. The number of rotatable bonds is 5. The van der Waals surface area contributed by atoms with E-state index in [-0.39, 0.29) is 0 Å². The molecular weight excluding hydrogens is 324 g/mol. The second-order valence-corrected chi connectivity index (χ2v) is 6.46. The van der Waals surface area contributed by atoms with Crippen LogP contribution in [-0.2, 0) is 4.74 Å². The minimum Gasteiger partial charge on any atom is -0.451 e. The molecule has 0 radical (unpaired) electrons. The van der Waals surface area contributed by atoms with Crippen molar-refractivity contribution in [3.8, 4) is 0 Å². The van der Waals surface area contributed by atoms with Gasteiger partial charge in [0.1, 0.15) is 6.10 Å². The third-order valence-corrected chi connectivity index (χ3v) is 4.36. The summed E-state index contributed by atoms with van der Waals surface area (Å²) in [5.41, 5.74) is 4.14. The third kappa shape index (κ3) is 4.19. The van der Waals surface area contributed by atoms with Crippen molar-refractivity contribution in [1.29, 1.82) is 0 Å². The summed E-state index contributed by atoms with van der Waals surface area (Å²) in [6.07, 6.45) is -1.74. The number of esters is 1. The van der Waals surface area contributed by atoms with E-state index < -0.39 is 18.2 Å². The summed E-state index contributed by atoms with van der Waals surface area (Å²) in [7, 11) is 0. The highest BCUT2D eigenvalue weighted by Gasteiger charge is 2.27. The first-order chi connectivity index (χ1) is 12.5. The molecule has 0 aliphatic heterocycles. The summed E-state index contributed by atoms with van der Waals surface area (Å²) in [4.78, 5) is 12.6. The third-order valence-electron chi connectivity index (χ3n) is 4.36. The zero-order chi connectivity index (χ0) is 18.5. The maximum absolute atomic E-state index is 12.6. The van der Waals surface area contributed by atoms with Crippen LogP contribution < -0.4 is 0 Å². The van der Waals surface area contributed by atoms with Crippen LogP contribution in [0, 0.1) is 13.8 Å². The van der Waals surface area contributed by atoms with Crippen molar-refractivity contribution in [1.82, 2.24) is 0 Å². The van der Waals surface area contributed by atoms with Crippen LogP contribution in [0.3, 0.4) is 0 Å². The number of hydrogen-bond acceptors (Lipinski definition) is 3. The van der Waals surface area contributed by atoms with Gasteiger partial charge in [-0.15, -0.1) is 0 Å². The molecule has 0 unspecified atom stereocenters. The lowest BCUT2D eigenvalue weighted by atomic mass is 9.96. The smallest absolute Gasteiger partial charge is 0.338 e. The SMILES string of the molecule is Cc1ccc([C@H](O)[C@@H](OC(=O)c2ccccc2)c2ccc(C)cc2)cc1. The summed E-state index contributed by atoms with van der Waals surface area (Å²) >= 11 is 0.